The predicted molar refractivity (Wildman–Crippen MR) is 68.4 cm³/mol. The quantitative estimate of drug-likeness (QED) is 0.225. The number of rotatable bonds is 7. The maximum absolute atomic E-state index is 10.3. The summed E-state index contributed by atoms with van der Waals surface area (Å²) in [7, 11) is 0. The maximum Gasteiger partial charge on any atom is 0.186 e. The first-order chi connectivity index (χ1) is 10.2. The first-order valence-electron chi connectivity index (χ1n) is 6.69. The molecular weight excluding hydrogens is 304 g/mol. The van der Waals surface area contributed by atoms with Crippen LogP contribution < -0.4 is 0 Å². The van der Waals surface area contributed by atoms with Crippen molar-refractivity contribution in [3.8, 4) is 0 Å². The van der Waals surface area contributed by atoms with Crippen LogP contribution in [0.4, 0.5) is 0 Å². The maximum atomic E-state index is 10.3. The van der Waals surface area contributed by atoms with E-state index in [0.717, 1.165) is 0 Å². The Balaban J connectivity index is 2.52. The summed E-state index contributed by atoms with van der Waals surface area (Å²) in [6, 6.07) is 0. The van der Waals surface area contributed by atoms with Crippen molar-refractivity contribution in [1.82, 2.24) is 0 Å². The van der Waals surface area contributed by atoms with E-state index in [-0.39, 0.29) is 6.29 Å². The summed E-state index contributed by atoms with van der Waals surface area (Å²) < 4.78 is 10.1. The minimum Gasteiger partial charge on any atom is -0.388 e. The van der Waals surface area contributed by atoms with Crippen molar-refractivity contribution in [2.75, 3.05) is 6.61 Å². The van der Waals surface area contributed by atoms with Crippen LogP contribution in [0.3, 0.4) is 0 Å². The van der Waals surface area contributed by atoms with Crippen molar-refractivity contribution in [3.05, 3.63) is 0 Å². The van der Waals surface area contributed by atoms with Crippen molar-refractivity contribution in [2.24, 2.45) is 0 Å². The van der Waals surface area contributed by atoms with Crippen LogP contribution in [0, 0.1) is 0 Å². The lowest BCUT2D eigenvalue weighted by atomic mass is 10.00. The number of aliphatic hydroxyl groups is 7. The number of carbonyl (C=O) groups is 1. The molecule has 1 aliphatic rings. The third kappa shape index (κ3) is 4.41. The largest absolute Gasteiger partial charge is 0.388 e. The Morgan fingerprint density at radius 2 is 1.64 bits per heavy atom. The van der Waals surface area contributed by atoms with Crippen LogP contribution in [-0.4, -0.2) is 104 Å². The van der Waals surface area contributed by atoms with Gasteiger partial charge in [-0.05, 0) is 6.92 Å². The smallest absolute Gasteiger partial charge is 0.186 e. The van der Waals surface area contributed by atoms with Gasteiger partial charge in [0.1, 0.15) is 42.7 Å². The molecule has 1 fully saturated rings. The van der Waals surface area contributed by atoms with Gasteiger partial charge >= 0.3 is 0 Å². The van der Waals surface area contributed by atoms with Gasteiger partial charge in [-0.15, -0.1) is 0 Å². The van der Waals surface area contributed by atoms with Crippen LogP contribution >= 0.6 is 0 Å². The second-order valence-corrected chi connectivity index (χ2v) is 5.19. The Morgan fingerprint density at radius 1 is 1.05 bits per heavy atom. The second kappa shape index (κ2) is 8.24. The topological polar surface area (TPSA) is 177 Å². The van der Waals surface area contributed by atoms with Crippen molar-refractivity contribution < 1.29 is 50.0 Å². The molecule has 10 nitrogen and oxygen atoms in total. The van der Waals surface area contributed by atoms with Gasteiger partial charge in [-0.1, -0.05) is 0 Å². The zero-order valence-corrected chi connectivity index (χ0v) is 11.8. The first-order valence-corrected chi connectivity index (χ1v) is 6.69. The van der Waals surface area contributed by atoms with Crippen molar-refractivity contribution in [1.29, 1.82) is 0 Å². The Kier molecular flexibility index (Phi) is 7.25. The molecule has 7 N–H and O–H groups in total. The molecule has 130 valence electrons. The fourth-order valence-corrected chi connectivity index (χ4v) is 1.95. The van der Waals surface area contributed by atoms with E-state index in [1.54, 1.807) is 0 Å². The Labute approximate surface area is 126 Å². The monoisotopic (exact) mass is 326 g/mol. The van der Waals surface area contributed by atoms with Gasteiger partial charge in [-0.2, -0.15) is 0 Å². The van der Waals surface area contributed by atoms with Crippen LogP contribution in [0.15, 0.2) is 0 Å². The van der Waals surface area contributed by atoms with Crippen LogP contribution in [0.1, 0.15) is 6.92 Å². The van der Waals surface area contributed by atoms with E-state index >= 15 is 0 Å². The third-order valence-corrected chi connectivity index (χ3v) is 3.47. The number of hydrogen-bond acceptors (Lipinski definition) is 10. The minimum atomic E-state index is -1.92. The van der Waals surface area contributed by atoms with Crippen LogP contribution in [0.5, 0.6) is 0 Å². The average Bonchev–Trinajstić information content (AvgIpc) is 2.52. The molecule has 1 rings (SSSR count). The molecule has 9 atom stereocenters. The molecule has 0 amide bonds. The summed E-state index contributed by atoms with van der Waals surface area (Å²) >= 11 is 0. The van der Waals surface area contributed by atoms with E-state index in [4.69, 9.17) is 14.6 Å². The molecule has 0 radical (unpaired) electrons. The Bertz CT molecular complexity index is 353. The Hall–Kier alpha value is -0.690. The predicted octanol–water partition coefficient (Wildman–Crippen LogP) is -4.53. The molecule has 0 bridgehead atoms. The highest BCUT2D eigenvalue weighted by atomic mass is 16.7. The zero-order valence-electron chi connectivity index (χ0n) is 11.8. The fraction of sp³-hybridized carbons (Fsp3) is 0.917. The lowest BCUT2D eigenvalue weighted by Gasteiger charge is -2.39. The van der Waals surface area contributed by atoms with Crippen molar-refractivity contribution in [3.63, 3.8) is 0 Å². The lowest BCUT2D eigenvalue weighted by molar-refractivity contribution is -0.299. The van der Waals surface area contributed by atoms with E-state index in [0.29, 0.717) is 0 Å². The highest BCUT2D eigenvalue weighted by molar-refractivity contribution is 5.56. The van der Waals surface area contributed by atoms with E-state index in [1.807, 2.05) is 0 Å². The van der Waals surface area contributed by atoms with Gasteiger partial charge in [-0.25, -0.2) is 0 Å². The van der Waals surface area contributed by atoms with E-state index in [2.05, 4.69) is 0 Å². The van der Waals surface area contributed by atoms with Gasteiger partial charge in [0, 0.05) is 0 Å². The molecule has 1 heterocycles. The van der Waals surface area contributed by atoms with E-state index < -0.39 is 61.7 Å². The lowest BCUT2D eigenvalue weighted by Crippen LogP contribution is -2.58. The van der Waals surface area contributed by atoms with Gasteiger partial charge in [0.2, 0.25) is 0 Å². The highest BCUT2D eigenvalue weighted by Crippen LogP contribution is 2.22. The molecule has 10 heteroatoms. The standard InChI is InChI=1S/C12H22O10/c1-4-7(16)10(19)11(20)12(22-4)21-3-6(15)9(18)8(17)5(14)2-13/h2,4-12,14-20H,3H2,1H3/t4-,5-,6+,7-,8+,9+,10+,11+,12?/m0/s1. The van der Waals surface area contributed by atoms with E-state index in [9.17, 15) is 35.4 Å². The van der Waals surface area contributed by atoms with Gasteiger partial charge in [0.15, 0.2) is 12.6 Å². The summed E-state index contributed by atoms with van der Waals surface area (Å²) in [4.78, 5) is 10.3. The number of carbonyl (C=O) groups excluding carboxylic acids is 1. The fourth-order valence-electron chi connectivity index (χ4n) is 1.95. The van der Waals surface area contributed by atoms with Crippen molar-refractivity contribution in [2.45, 2.75) is 62.0 Å². The van der Waals surface area contributed by atoms with Gasteiger partial charge < -0.3 is 50.0 Å². The highest BCUT2D eigenvalue weighted by Gasteiger charge is 2.43. The molecule has 1 saturated heterocycles. The number of ether oxygens (including phenoxy) is 2. The molecule has 22 heavy (non-hydrogen) atoms. The van der Waals surface area contributed by atoms with Gasteiger partial charge in [0.25, 0.3) is 0 Å². The number of aliphatic hydroxyl groups excluding tert-OH is 7. The van der Waals surface area contributed by atoms with E-state index in [1.165, 1.54) is 6.92 Å². The Morgan fingerprint density at radius 3 is 2.18 bits per heavy atom. The minimum absolute atomic E-state index is 0.00507. The second-order valence-electron chi connectivity index (χ2n) is 5.19. The molecule has 0 aromatic rings. The SMILES string of the molecule is C[C@@H]1OC(OC[C@@H](O)[C@@H](O)[C@H](O)[C@@H](O)C=O)[C@H](O)[C@H](O)[C@H]1O. The third-order valence-electron chi connectivity index (χ3n) is 3.47. The summed E-state index contributed by atoms with van der Waals surface area (Å²) in [6.07, 6.45) is -14.0. The summed E-state index contributed by atoms with van der Waals surface area (Å²) in [5.41, 5.74) is 0. The molecule has 0 spiro atoms. The van der Waals surface area contributed by atoms with Crippen LogP contribution in [0.25, 0.3) is 0 Å². The summed E-state index contributed by atoms with van der Waals surface area (Å²) in [5.74, 6) is 0. The molecule has 0 aliphatic carbocycles. The van der Waals surface area contributed by atoms with Crippen LogP contribution in [0.2, 0.25) is 0 Å². The normalized spacial score (nSPS) is 38.1. The van der Waals surface area contributed by atoms with Crippen LogP contribution in [-0.2, 0) is 14.3 Å². The molecule has 0 aromatic carbocycles. The summed E-state index contributed by atoms with van der Waals surface area (Å²) in [5, 5.41) is 66.3. The average molecular weight is 326 g/mol. The molecule has 1 unspecified atom stereocenters. The molecule has 0 aromatic heterocycles. The number of aldehydes is 1. The first kappa shape index (κ1) is 19.4. The zero-order chi connectivity index (χ0) is 17.0. The van der Waals surface area contributed by atoms with Gasteiger partial charge in [-0.3, -0.25) is 0 Å². The van der Waals surface area contributed by atoms with Gasteiger partial charge in [0.05, 0.1) is 12.7 Å². The molecular formula is C12H22O10. The molecule has 0 saturated carbocycles. The number of hydrogen-bond donors (Lipinski definition) is 7. The molecule has 1 aliphatic heterocycles. The van der Waals surface area contributed by atoms with Crippen molar-refractivity contribution >= 4 is 6.29 Å². The summed E-state index contributed by atoms with van der Waals surface area (Å²) in [6.45, 7) is 0.812.